The van der Waals surface area contributed by atoms with Gasteiger partial charge in [-0.3, -0.25) is 14.3 Å². The molecule has 8 heteroatoms. The van der Waals surface area contributed by atoms with E-state index < -0.39 is 11.2 Å². The Morgan fingerprint density at radius 3 is 2.48 bits per heavy atom. The molecule has 0 unspecified atom stereocenters. The second-order valence-electron chi connectivity index (χ2n) is 7.38. The first-order valence-corrected chi connectivity index (χ1v) is 10.4. The van der Waals surface area contributed by atoms with Gasteiger partial charge in [0.15, 0.2) is 5.82 Å². The zero-order chi connectivity index (χ0) is 22.9. The molecule has 5 rings (SSSR count). The highest BCUT2D eigenvalue weighted by molar-refractivity contribution is 6.30. The molecule has 2 heterocycles. The van der Waals surface area contributed by atoms with Crippen LogP contribution >= 0.6 is 11.6 Å². The molecule has 0 aromatic heterocycles. The molecule has 33 heavy (non-hydrogen) atoms. The number of fused-ring (bicyclic) bond motifs is 2. The van der Waals surface area contributed by atoms with E-state index in [0.717, 1.165) is 10.9 Å². The molecule has 1 N–H and O–H groups in total. The van der Waals surface area contributed by atoms with Gasteiger partial charge < -0.3 is 4.74 Å². The first kappa shape index (κ1) is 20.5. The molecular weight excluding hydrogens is 440 g/mol. The van der Waals surface area contributed by atoms with Crippen LogP contribution in [0.2, 0.25) is 5.02 Å². The van der Waals surface area contributed by atoms with Crippen LogP contribution in [0, 0.1) is 11.3 Å². The van der Waals surface area contributed by atoms with E-state index in [9.17, 15) is 14.9 Å². The standard InChI is InChI=1S/C25H15ClN4O3/c26-18-5-2-15(3-6-18)14-33-20-9-7-19(8-10-20)30-22-11-16(13-27)1-4-17(22)12-21-23(30)28-25(32)29-24(21)31/h1-12H,14H2,(H,29,31,32). The molecule has 0 saturated heterocycles. The smallest absolute Gasteiger partial charge is 0.349 e. The van der Waals surface area contributed by atoms with Gasteiger partial charge in [-0.25, -0.2) is 4.79 Å². The van der Waals surface area contributed by atoms with Gasteiger partial charge in [0.05, 0.1) is 22.7 Å². The van der Waals surface area contributed by atoms with Gasteiger partial charge in [-0.05, 0) is 65.5 Å². The van der Waals surface area contributed by atoms with Gasteiger partial charge in [0.25, 0.3) is 5.56 Å². The van der Waals surface area contributed by atoms with Gasteiger partial charge in [0, 0.05) is 10.7 Å². The third-order valence-electron chi connectivity index (χ3n) is 5.24. The van der Waals surface area contributed by atoms with E-state index in [2.05, 4.69) is 16.0 Å². The summed E-state index contributed by atoms with van der Waals surface area (Å²) in [4.78, 5) is 30.7. The number of rotatable bonds is 4. The van der Waals surface area contributed by atoms with Crippen molar-refractivity contribution in [2.24, 2.45) is 0 Å². The minimum Gasteiger partial charge on any atom is -0.489 e. The predicted octanol–water partition coefficient (Wildman–Crippen LogP) is 4.28. The number of pyridine rings is 1. The van der Waals surface area contributed by atoms with Gasteiger partial charge in [0.2, 0.25) is 0 Å². The molecule has 0 spiro atoms. The number of nitrogens with one attached hydrogen (secondary N) is 1. The zero-order valence-corrected chi connectivity index (χ0v) is 17.8. The molecule has 7 nitrogen and oxygen atoms in total. The SMILES string of the molecule is N#Cc1ccc2cc3c(=O)[nH]c(=O)nc-3n(-c3ccc(OCc4ccc(Cl)cc4)cc3)c2c1. The van der Waals surface area contributed by atoms with E-state index in [-0.39, 0.29) is 11.4 Å². The van der Waals surface area contributed by atoms with Gasteiger partial charge in [-0.15, -0.1) is 0 Å². The first-order valence-electron chi connectivity index (χ1n) is 9.99. The third-order valence-corrected chi connectivity index (χ3v) is 5.49. The van der Waals surface area contributed by atoms with Gasteiger partial charge in [-0.1, -0.05) is 29.8 Å². The maximum absolute atomic E-state index is 12.5. The Morgan fingerprint density at radius 1 is 1.00 bits per heavy atom. The average Bonchev–Trinajstić information content (AvgIpc) is 2.82. The van der Waals surface area contributed by atoms with Crippen molar-refractivity contribution in [1.29, 1.82) is 5.26 Å². The number of H-pyrrole nitrogens is 1. The zero-order valence-electron chi connectivity index (χ0n) is 17.1. The predicted molar refractivity (Wildman–Crippen MR) is 125 cm³/mol. The highest BCUT2D eigenvalue weighted by Crippen LogP contribution is 2.29. The molecule has 0 aliphatic carbocycles. The van der Waals surface area contributed by atoms with Crippen molar-refractivity contribution in [3.63, 3.8) is 0 Å². The van der Waals surface area contributed by atoms with Crippen molar-refractivity contribution >= 4 is 22.5 Å². The highest BCUT2D eigenvalue weighted by atomic mass is 35.5. The third kappa shape index (κ3) is 3.95. The molecule has 0 amide bonds. The van der Waals surface area contributed by atoms with E-state index in [1.807, 2.05) is 24.3 Å². The Balaban J connectivity index is 1.60. The Morgan fingerprint density at radius 2 is 1.76 bits per heavy atom. The fourth-order valence-electron chi connectivity index (χ4n) is 3.65. The van der Waals surface area contributed by atoms with E-state index >= 15 is 0 Å². The molecule has 160 valence electrons. The van der Waals surface area contributed by atoms with Crippen LogP contribution in [0.1, 0.15) is 11.1 Å². The normalized spacial score (nSPS) is 10.9. The average molecular weight is 455 g/mol. The maximum Gasteiger partial charge on any atom is 0.349 e. The monoisotopic (exact) mass is 454 g/mol. The maximum atomic E-state index is 12.5. The van der Waals surface area contributed by atoms with Crippen LogP contribution in [0.4, 0.5) is 0 Å². The van der Waals surface area contributed by atoms with Gasteiger partial charge in [-0.2, -0.15) is 10.2 Å². The summed E-state index contributed by atoms with van der Waals surface area (Å²) in [6.07, 6.45) is 0. The summed E-state index contributed by atoms with van der Waals surface area (Å²) in [7, 11) is 0. The lowest BCUT2D eigenvalue weighted by atomic mass is 10.1. The van der Waals surface area contributed by atoms with E-state index in [0.29, 0.717) is 34.1 Å². The second kappa shape index (κ2) is 8.26. The molecule has 0 bridgehead atoms. The Labute approximate surface area is 192 Å². The lowest BCUT2D eigenvalue weighted by Gasteiger charge is -2.18. The molecule has 0 fully saturated rings. The van der Waals surface area contributed by atoms with Crippen LogP contribution < -0.4 is 16.0 Å². The van der Waals surface area contributed by atoms with E-state index in [1.165, 1.54) is 0 Å². The number of nitrogens with zero attached hydrogens (tertiary/aromatic N) is 3. The molecule has 2 aliphatic heterocycles. The largest absolute Gasteiger partial charge is 0.489 e. The van der Waals surface area contributed by atoms with Crippen LogP contribution in [0.5, 0.6) is 5.75 Å². The molecule has 3 aromatic rings. The molecule has 0 radical (unpaired) electrons. The molecule has 3 aromatic carbocycles. The quantitative estimate of drug-likeness (QED) is 0.408. The van der Waals surface area contributed by atoms with Crippen LogP contribution in [0.25, 0.3) is 28.0 Å². The van der Waals surface area contributed by atoms with E-state index in [4.69, 9.17) is 16.3 Å². The summed E-state index contributed by atoms with van der Waals surface area (Å²) in [5.74, 6) is 0.855. The lowest BCUT2D eigenvalue weighted by molar-refractivity contribution is 0.306. The van der Waals surface area contributed by atoms with Crippen LogP contribution in [-0.2, 0) is 6.61 Å². The number of aromatic nitrogens is 3. The second-order valence-corrected chi connectivity index (χ2v) is 7.82. The van der Waals surface area contributed by atoms with Crippen LogP contribution in [-0.4, -0.2) is 14.5 Å². The van der Waals surface area contributed by atoms with Crippen molar-refractivity contribution < 1.29 is 4.74 Å². The summed E-state index contributed by atoms with van der Waals surface area (Å²) in [6.45, 7) is 0.378. The number of nitriles is 1. The highest BCUT2D eigenvalue weighted by Gasteiger charge is 2.18. The van der Waals surface area contributed by atoms with Crippen molar-refractivity contribution in [2.75, 3.05) is 0 Å². The summed E-state index contributed by atoms with van der Waals surface area (Å²) in [5.41, 5.74) is 1.76. The Hall–Kier alpha value is -4.41. The number of benzene rings is 3. The lowest BCUT2D eigenvalue weighted by Crippen LogP contribution is -2.27. The van der Waals surface area contributed by atoms with Crippen LogP contribution in [0.3, 0.4) is 0 Å². The van der Waals surface area contributed by atoms with Crippen molar-refractivity contribution in [3.05, 3.63) is 110 Å². The van der Waals surface area contributed by atoms with Gasteiger partial charge >= 0.3 is 5.69 Å². The summed E-state index contributed by atoms with van der Waals surface area (Å²) >= 11 is 5.92. The van der Waals surface area contributed by atoms with Crippen molar-refractivity contribution in [2.45, 2.75) is 6.61 Å². The number of halogens is 1. The molecule has 0 saturated carbocycles. The van der Waals surface area contributed by atoms with Crippen molar-refractivity contribution in [3.8, 4) is 28.9 Å². The topological polar surface area (TPSA) is 101 Å². The number of aromatic amines is 1. The summed E-state index contributed by atoms with van der Waals surface area (Å²) in [6, 6.07) is 23.5. The minimum absolute atomic E-state index is 0.209. The first-order chi connectivity index (χ1) is 16.0. The fraction of sp³-hybridized carbons (Fsp3) is 0.0400. The van der Waals surface area contributed by atoms with Crippen LogP contribution in [0.15, 0.2) is 82.4 Å². The van der Waals surface area contributed by atoms with Gasteiger partial charge in [0.1, 0.15) is 12.4 Å². The number of hydrogen-bond acceptors (Lipinski definition) is 5. The fourth-order valence-corrected chi connectivity index (χ4v) is 3.78. The number of ether oxygens (including phenoxy) is 1. The number of hydrogen-bond donors (Lipinski definition) is 1. The van der Waals surface area contributed by atoms with Crippen molar-refractivity contribution in [1.82, 2.24) is 14.5 Å². The molecule has 2 aliphatic rings. The Bertz CT molecular complexity index is 1610. The summed E-state index contributed by atoms with van der Waals surface area (Å²) in [5, 5.41) is 10.8. The Kier molecular flexibility index (Phi) is 5.13. The molecule has 0 atom stereocenters. The minimum atomic E-state index is -0.736. The summed E-state index contributed by atoms with van der Waals surface area (Å²) < 4.78 is 7.56. The van der Waals surface area contributed by atoms with E-state index in [1.54, 1.807) is 53.1 Å². The molecular formula is C25H15ClN4O3.